The Morgan fingerprint density at radius 2 is 1.54 bits per heavy atom. The number of unbranched alkanes of at least 4 members (excludes halogenated alkanes) is 1. The second kappa shape index (κ2) is 8.21. The highest BCUT2D eigenvalue weighted by molar-refractivity contribution is 6.84. The maximum Gasteiger partial charge on any atom is 0.129 e. The lowest BCUT2D eigenvalue weighted by atomic mass is 10.0. The Morgan fingerprint density at radius 1 is 0.885 bits per heavy atom. The molecule has 0 aliphatic heterocycles. The van der Waals surface area contributed by atoms with E-state index in [1.807, 2.05) is 12.1 Å². The molecule has 136 valence electrons. The van der Waals surface area contributed by atoms with Crippen LogP contribution in [-0.4, -0.2) is 26.3 Å². The monoisotopic (exact) mass is 378 g/mol. The summed E-state index contributed by atoms with van der Waals surface area (Å²) in [7, 11) is -2.87. The Morgan fingerprint density at radius 3 is 2.15 bits per heavy atom. The molecule has 0 radical (unpaired) electrons. The van der Waals surface area contributed by atoms with Gasteiger partial charge in [-0.3, -0.25) is 0 Å². The largest absolute Gasteiger partial charge is 0.154 e. The third-order valence-electron chi connectivity index (χ3n) is 3.74. The van der Waals surface area contributed by atoms with Gasteiger partial charge in [-0.2, -0.15) is 10.2 Å². The van der Waals surface area contributed by atoms with Crippen molar-refractivity contribution in [3.05, 3.63) is 35.0 Å². The number of nitrogens with zero attached hydrogens (tertiary/aromatic N) is 2. The van der Waals surface area contributed by atoms with Gasteiger partial charge in [-0.1, -0.05) is 64.5 Å². The van der Waals surface area contributed by atoms with E-state index in [0.717, 1.165) is 47.0 Å². The average Bonchev–Trinajstić information content (AvgIpc) is 2.54. The van der Waals surface area contributed by atoms with E-state index in [2.05, 4.69) is 85.4 Å². The van der Waals surface area contributed by atoms with Crippen molar-refractivity contribution in [3.63, 3.8) is 0 Å². The molecular formula is C22H30N2Si2. The number of rotatable bonds is 3. The van der Waals surface area contributed by atoms with Gasteiger partial charge in [0.2, 0.25) is 0 Å². The predicted molar refractivity (Wildman–Crippen MR) is 119 cm³/mol. The highest BCUT2D eigenvalue weighted by Gasteiger charge is 2.13. The summed E-state index contributed by atoms with van der Waals surface area (Å²) in [5.74, 6) is 6.84. The van der Waals surface area contributed by atoms with Crippen LogP contribution in [0.2, 0.25) is 39.3 Å². The van der Waals surface area contributed by atoms with Gasteiger partial charge in [-0.05, 0) is 31.0 Å². The standard InChI is InChI=1S/C22H30N2Si2/c1-8-9-10-21-19(14-16-26(5,6)7)20-17-18(13-15-25(2,3)4)11-12-22(20)24-23-21/h11-12,17H,8-10H2,1-7H3. The van der Waals surface area contributed by atoms with Crippen LogP contribution in [0.15, 0.2) is 18.2 Å². The highest BCUT2D eigenvalue weighted by atomic mass is 28.3. The molecule has 26 heavy (non-hydrogen) atoms. The Bertz CT molecular complexity index is 911. The summed E-state index contributed by atoms with van der Waals surface area (Å²) >= 11 is 0. The smallest absolute Gasteiger partial charge is 0.129 e. The Labute approximate surface area is 160 Å². The van der Waals surface area contributed by atoms with E-state index in [9.17, 15) is 0 Å². The van der Waals surface area contributed by atoms with Crippen LogP contribution in [0.3, 0.4) is 0 Å². The molecule has 0 bridgehead atoms. The van der Waals surface area contributed by atoms with Crippen molar-refractivity contribution in [1.82, 2.24) is 10.2 Å². The van der Waals surface area contributed by atoms with Crippen molar-refractivity contribution in [1.29, 1.82) is 0 Å². The minimum Gasteiger partial charge on any atom is -0.154 e. The first-order valence-corrected chi connectivity index (χ1v) is 16.4. The van der Waals surface area contributed by atoms with Gasteiger partial charge in [0.15, 0.2) is 0 Å². The summed E-state index contributed by atoms with van der Waals surface area (Å²) in [5.41, 5.74) is 11.0. The van der Waals surface area contributed by atoms with Crippen molar-refractivity contribution < 1.29 is 0 Å². The molecular weight excluding hydrogens is 348 g/mol. The van der Waals surface area contributed by atoms with E-state index in [0.29, 0.717) is 0 Å². The van der Waals surface area contributed by atoms with Gasteiger partial charge in [0.05, 0.1) is 16.8 Å². The first-order valence-electron chi connectivity index (χ1n) is 9.45. The minimum absolute atomic E-state index is 0.906. The van der Waals surface area contributed by atoms with Crippen LogP contribution < -0.4 is 0 Å². The van der Waals surface area contributed by atoms with E-state index in [-0.39, 0.29) is 0 Å². The fourth-order valence-electron chi connectivity index (χ4n) is 2.39. The molecule has 0 aliphatic carbocycles. The number of aryl methyl sites for hydroxylation is 1. The zero-order chi connectivity index (χ0) is 19.4. The van der Waals surface area contributed by atoms with Crippen molar-refractivity contribution >= 4 is 27.1 Å². The van der Waals surface area contributed by atoms with Gasteiger partial charge in [0, 0.05) is 10.9 Å². The molecule has 0 fully saturated rings. The molecule has 2 aromatic rings. The van der Waals surface area contributed by atoms with Gasteiger partial charge in [0.25, 0.3) is 0 Å². The van der Waals surface area contributed by atoms with E-state index in [1.54, 1.807) is 0 Å². The summed E-state index contributed by atoms with van der Waals surface area (Å²) in [5, 5.41) is 10.0. The van der Waals surface area contributed by atoms with Gasteiger partial charge in [0.1, 0.15) is 16.1 Å². The molecule has 0 aliphatic rings. The van der Waals surface area contributed by atoms with E-state index in [1.165, 1.54) is 0 Å². The fourth-order valence-corrected chi connectivity index (χ4v) is 3.41. The number of hydrogen-bond donors (Lipinski definition) is 0. The van der Waals surface area contributed by atoms with E-state index >= 15 is 0 Å². The first-order chi connectivity index (χ1) is 12.1. The van der Waals surface area contributed by atoms with Crippen LogP contribution in [0.25, 0.3) is 10.9 Å². The molecule has 0 atom stereocenters. The van der Waals surface area contributed by atoms with Crippen LogP contribution in [0.4, 0.5) is 0 Å². The molecule has 2 nitrogen and oxygen atoms in total. The van der Waals surface area contributed by atoms with Crippen molar-refractivity contribution in [3.8, 4) is 22.9 Å². The maximum absolute atomic E-state index is 4.49. The van der Waals surface area contributed by atoms with Crippen molar-refractivity contribution in [2.75, 3.05) is 0 Å². The lowest BCUT2D eigenvalue weighted by Crippen LogP contribution is -2.16. The predicted octanol–water partition coefficient (Wildman–Crippen LogP) is 5.43. The third kappa shape index (κ3) is 6.13. The Hall–Kier alpha value is -1.89. The quantitative estimate of drug-likeness (QED) is 0.526. The van der Waals surface area contributed by atoms with Crippen LogP contribution >= 0.6 is 0 Å². The van der Waals surface area contributed by atoms with Gasteiger partial charge in [-0.25, -0.2) is 0 Å². The van der Waals surface area contributed by atoms with Crippen molar-refractivity contribution in [2.45, 2.75) is 65.5 Å². The zero-order valence-electron chi connectivity index (χ0n) is 17.2. The SMILES string of the molecule is CCCCc1nnc2ccc(C#C[Si](C)(C)C)cc2c1C#C[Si](C)(C)C. The molecule has 0 amide bonds. The molecule has 1 aromatic carbocycles. The summed E-state index contributed by atoms with van der Waals surface area (Å²) in [6.45, 7) is 15.8. The van der Waals surface area contributed by atoms with Crippen LogP contribution in [-0.2, 0) is 6.42 Å². The Kier molecular flexibility index (Phi) is 6.45. The van der Waals surface area contributed by atoms with Crippen LogP contribution in [0.1, 0.15) is 36.6 Å². The fraction of sp³-hybridized carbons (Fsp3) is 0.455. The Balaban J connectivity index is 2.65. The lowest BCUT2D eigenvalue weighted by molar-refractivity contribution is 0.762. The molecule has 1 aromatic heterocycles. The molecule has 2 rings (SSSR count). The summed E-state index contributed by atoms with van der Waals surface area (Å²) < 4.78 is 0. The number of hydrogen-bond acceptors (Lipinski definition) is 2. The average molecular weight is 379 g/mol. The van der Waals surface area contributed by atoms with Gasteiger partial charge < -0.3 is 0 Å². The molecule has 1 heterocycles. The zero-order valence-corrected chi connectivity index (χ0v) is 19.2. The first kappa shape index (κ1) is 20.4. The summed E-state index contributed by atoms with van der Waals surface area (Å²) in [4.78, 5) is 0. The molecule has 0 saturated carbocycles. The second-order valence-electron chi connectivity index (χ2n) is 8.86. The van der Waals surface area contributed by atoms with Crippen LogP contribution in [0.5, 0.6) is 0 Å². The van der Waals surface area contributed by atoms with Crippen LogP contribution in [0, 0.1) is 22.9 Å². The highest BCUT2D eigenvalue weighted by Crippen LogP contribution is 2.21. The molecule has 0 spiro atoms. The molecule has 4 heteroatoms. The molecule has 0 unspecified atom stereocenters. The van der Waals surface area contributed by atoms with E-state index < -0.39 is 16.1 Å². The summed E-state index contributed by atoms with van der Waals surface area (Å²) in [6.07, 6.45) is 3.18. The third-order valence-corrected chi connectivity index (χ3v) is 5.49. The maximum atomic E-state index is 4.49. The van der Waals surface area contributed by atoms with Gasteiger partial charge >= 0.3 is 0 Å². The molecule has 0 N–H and O–H groups in total. The lowest BCUT2D eigenvalue weighted by Gasteiger charge is -2.09. The van der Waals surface area contributed by atoms with Crippen molar-refractivity contribution in [2.24, 2.45) is 0 Å². The van der Waals surface area contributed by atoms with Gasteiger partial charge in [-0.15, -0.1) is 11.1 Å². The molecule has 0 saturated heterocycles. The number of aromatic nitrogens is 2. The van der Waals surface area contributed by atoms with E-state index in [4.69, 9.17) is 0 Å². The number of fused-ring (bicyclic) bond motifs is 1. The number of benzene rings is 1. The minimum atomic E-state index is -1.47. The second-order valence-corrected chi connectivity index (χ2v) is 18.4. The normalized spacial score (nSPS) is 11.5. The summed E-state index contributed by atoms with van der Waals surface area (Å²) in [6, 6.07) is 6.23. The topological polar surface area (TPSA) is 25.8 Å².